The van der Waals surface area contributed by atoms with Crippen molar-refractivity contribution in [3.8, 4) is 0 Å². The Bertz CT molecular complexity index is 1220. The number of nitrogens with zero attached hydrogens (tertiary/aromatic N) is 1. The molecular weight excluding hydrogens is 522 g/mol. The lowest BCUT2D eigenvalue weighted by atomic mass is 9.89. The highest BCUT2D eigenvalue weighted by molar-refractivity contribution is 5.94. The molecule has 0 saturated heterocycles. The van der Waals surface area contributed by atoms with Gasteiger partial charge in [-0.25, -0.2) is 4.79 Å². The summed E-state index contributed by atoms with van der Waals surface area (Å²) in [6.07, 6.45) is -0.0488. The predicted octanol–water partition coefficient (Wildman–Crippen LogP) is 4.79. The summed E-state index contributed by atoms with van der Waals surface area (Å²) in [6.45, 7) is 14.4. The van der Waals surface area contributed by atoms with Gasteiger partial charge in [-0.1, -0.05) is 61.0 Å². The summed E-state index contributed by atoms with van der Waals surface area (Å²) >= 11 is 0. The van der Waals surface area contributed by atoms with Crippen molar-refractivity contribution in [2.24, 2.45) is 0 Å². The van der Waals surface area contributed by atoms with Gasteiger partial charge < -0.3 is 25.0 Å². The fourth-order valence-corrected chi connectivity index (χ4v) is 4.47. The van der Waals surface area contributed by atoms with Crippen LogP contribution in [0.1, 0.15) is 76.3 Å². The third-order valence-corrected chi connectivity index (χ3v) is 6.89. The molecule has 0 bridgehead atoms. The molecule has 3 amide bonds. The third kappa shape index (κ3) is 9.62. The van der Waals surface area contributed by atoms with Gasteiger partial charge in [-0.3, -0.25) is 14.4 Å². The van der Waals surface area contributed by atoms with Crippen LogP contribution in [0.3, 0.4) is 0 Å². The number of aryl methyl sites for hydroxylation is 2. The second-order valence-corrected chi connectivity index (χ2v) is 11.8. The van der Waals surface area contributed by atoms with Crippen LogP contribution in [0.4, 0.5) is 4.79 Å². The Morgan fingerprint density at radius 2 is 1.59 bits per heavy atom. The summed E-state index contributed by atoms with van der Waals surface area (Å²) in [5.74, 6) is -1.60. The van der Waals surface area contributed by atoms with E-state index in [-0.39, 0.29) is 13.0 Å². The smallest absolute Gasteiger partial charge is 0.408 e. The number of amides is 3. The topological polar surface area (TPSA) is 114 Å². The Hall–Kier alpha value is -3.88. The minimum atomic E-state index is -1.10. The first-order valence-electron chi connectivity index (χ1n) is 13.9. The quantitative estimate of drug-likeness (QED) is 0.378. The van der Waals surface area contributed by atoms with Crippen molar-refractivity contribution in [3.05, 3.63) is 70.8 Å². The molecule has 2 atom stereocenters. The summed E-state index contributed by atoms with van der Waals surface area (Å²) in [6, 6.07) is 12.8. The Morgan fingerprint density at radius 1 is 0.951 bits per heavy atom. The standard InChI is InChI=1S/C32H45N3O6/c1-10-32(7,8)35(27(28(37)33-20-26(36)40-9)24-17-16-21(2)18-22(24)3)29(38)25(19-23-14-12-11-13-15-23)34-30(39)41-31(4,5)6/h11-18,25,27H,10,19-20H2,1-9H3,(H,33,37)(H,34,39). The number of alkyl carbamates (subject to hydrolysis) is 1. The maximum Gasteiger partial charge on any atom is 0.408 e. The zero-order valence-corrected chi connectivity index (χ0v) is 25.8. The molecule has 2 unspecified atom stereocenters. The van der Waals surface area contributed by atoms with Crippen molar-refractivity contribution in [2.45, 2.75) is 91.5 Å². The van der Waals surface area contributed by atoms with Crippen LogP contribution in [0, 0.1) is 13.8 Å². The number of esters is 1. The highest BCUT2D eigenvalue weighted by Crippen LogP contribution is 2.34. The van der Waals surface area contributed by atoms with Crippen LogP contribution in [0.5, 0.6) is 0 Å². The van der Waals surface area contributed by atoms with E-state index in [4.69, 9.17) is 9.47 Å². The van der Waals surface area contributed by atoms with Crippen LogP contribution in [0.15, 0.2) is 48.5 Å². The summed E-state index contributed by atoms with van der Waals surface area (Å²) in [5.41, 5.74) is 1.65. The molecule has 2 aromatic rings. The van der Waals surface area contributed by atoms with Gasteiger partial charge in [0.1, 0.15) is 24.2 Å². The molecule has 9 heteroatoms. The van der Waals surface area contributed by atoms with E-state index < -0.39 is 47.1 Å². The van der Waals surface area contributed by atoms with E-state index in [9.17, 15) is 19.2 Å². The van der Waals surface area contributed by atoms with E-state index in [1.54, 1.807) is 20.8 Å². The van der Waals surface area contributed by atoms with Gasteiger partial charge >= 0.3 is 12.1 Å². The Kier molecular flexibility index (Phi) is 11.5. The summed E-state index contributed by atoms with van der Waals surface area (Å²) in [4.78, 5) is 54.9. The van der Waals surface area contributed by atoms with Gasteiger partial charge in [0, 0.05) is 12.0 Å². The maximum atomic E-state index is 14.6. The second kappa shape index (κ2) is 14.1. The Balaban J connectivity index is 2.68. The monoisotopic (exact) mass is 567 g/mol. The van der Waals surface area contributed by atoms with Crippen molar-refractivity contribution in [1.29, 1.82) is 0 Å². The van der Waals surface area contributed by atoms with Gasteiger partial charge in [0.2, 0.25) is 11.8 Å². The lowest BCUT2D eigenvalue weighted by Gasteiger charge is -2.45. The van der Waals surface area contributed by atoms with Crippen LogP contribution in [-0.4, -0.2) is 59.6 Å². The number of hydrogen-bond donors (Lipinski definition) is 2. The SMILES string of the molecule is CCC(C)(C)N(C(=O)C(Cc1ccccc1)NC(=O)OC(C)(C)C)C(C(=O)NCC(=O)OC)c1ccc(C)cc1C. The largest absolute Gasteiger partial charge is 0.468 e. The molecule has 0 aliphatic carbocycles. The number of methoxy groups -OCH3 is 1. The van der Waals surface area contributed by atoms with Gasteiger partial charge in [0.15, 0.2) is 0 Å². The minimum Gasteiger partial charge on any atom is -0.468 e. The molecule has 0 heterocycles. The van der Waals surface area contributed by atoms with E-state index in [2.05, 4.69) is 10.6 Å². The molecule has 41 heavy (non-hydrogen) atoms. The summed E-state index contributed by atoms with van der Waals surface area (Å²) in [5, 5.41) is 5.42. The molecule has 2 rings (SSSR count). The molecule has 0 radical (unpaired) electrons. The molecule has 0 aromatic heterocycles. The number of carbonyl (C=O) groups is 4. The highest BCUT2D eigenvalue weighted by atomic mass is 16.6. The number of benzene rings is 2. The molecule has 2 N–H and O–H groups in total. The molecule has 224 valence electrons. The number of rotatable bonds is 11. The molecule has 0 fully saturated rings. The fraction of sp³-hybridized carbons (Fsp3) is 0.500. The molecule has 0 saturated carbocycles. The van der Waals surface area contributed by atoms with E-state index in [1.165, 1.54) is 12.0 Å². The average molecular weight is 568 g/mol. The van der Waals surface area contributed by atoms with E-state index in [0.29, 0.717) is 12.0 Å². The van der Waals surface area contributed by atoms with Gasteiger partial charge in [0.25, 0.3) is 0 Å². The number of ether oxygens (including phenoxy) is 2. The second-order valence-electron chi connectivity index (χ2n) is 11.8. The zero-order chi connectivity index (χ0) is 31.0. The van der Waals surface area contributed by atoms with Crippen LogP contribution in [0.25, 0.3) is 0 Å². The zero-order valence-electron chi connectivity index (χ0n) is 25.8. The fourth-order valence-electron chi connectivity index (χ4n) is 4.47. The molecule has 2 aromatic carbocycles. The van der Waals surface area contributed by atoms with Crippen molar-refractivity contribution < 1.29 is 28.7 Å². The van der Waals surface area contributed by atoms with E-state index >= 15 is 0 Å². The first kappa shape index (κ1) is 33.3. The number of carbonyl (C=O) groups excluding carboxylic acids is 4. The van der Waals surface area contributed by atoms with Gasteiger partial charge in [-0.2, -0.15) is 0 Å². The molecule has 9 nitrogen and oxygen atoms in total. The van der Waals surface area contributed by atoms with Crippen LogP contribution in [-0.2, 0) is 30.3 Å². The van der Waals surface area contributed by atoms with Crippen molar-refractivity contribution in [1.82, 2.24) is 15.5 Å². The number of nitrogens with one attached hydrogen (secondary N) is 2. The van der Waals surface area contributed by atoms with Crippen molar-refractivity contribution in [3.63, 3.8) is 0 Å². The van der Waals surface area contributed by atoms with Gasteiger partial charge in [-0.15, -0.1) is 0 Å². The minimum absolute atomic E-state index is 0.179. The van der Waals surface area contributed by atoms with Crippen LogP contribution >= 0.6 is 0 Å². The lowest BCUT2D eigenvalue weighted by Crippen LogP contribution is -2.60. The summed E-state index contributed by atoms with van der Waals surface area (Å²) < 4.78 is 10.2. The summed E-state index contributed by atoms with van der Waals surface area (Å²) in [7, 11) is 1.24. The maximum absolute atomic E-state index is 14.6. The van der Waals surface area contributed by atoms with Crippen LogP contribution in [0.2, 0.25) is 0 Å². The predicted molar refractivity (Wildman–Crippen MR) is 158 cm³/mol. The van der Waals surface area contributed by atoms with Crippen molar-refractivity contribution in [2.75, 3.05) is 13.7 Å². The van der Waals surface area contributed by atoms with Gasteiger partial charge in [-0.05, 0) is 71.6 Å². The molecule has 0 aliphatic rings. The third-order valence-electron chi connectivity index (χ3n) is 6.89. The lowest BCUT2D eigenvalue weighted by molar-refractivity contribution is -0.150. The Morgan fingerprint density at radius 3 is 2.12 bits per heavy atom. The first-order chi connectivity index (χ1) is 19.1. The van der Waals surface area contributed by atoms with E-state index in [1.807, 2.05) is 83.1 Å². The molecule has 0 spiro atoms. The first-order valence-corrected chi connectivity index (χ1v) is 13.9. The van der Waals surface area contributed by atoms with E-state index in [0.717, 1.165) is 16.7 Å². The normalized spacial score (nSPS) is 13.0. The van der Waals surface area contributed by atoms with Gasteiger partial charge in [0.05, 0.1) is 7.11 Å². The Labute approximate surface area is 244 Å². The molecular formula is C32H45N3O6. The highest BCUT2D eigenvalue weighted by Gasteiger charge is 2.43. The number of hydrogen-bond acceptors (Lipinski definition) is 6. The molecule has 0 aliphatic heterocycles. The average Bonchev–Trinajstić information content (AvgIpc) is 2.89. The van der Waals surface area contributed by atoms with Crippen molar-refractivity contribution >= 4 is 23.9 Å². The van der Waals surface area contributed by atoms with Crippen LogP contribution < -0.4 is 10.6 Å².